The van der Waals surface area contributed by atoms with Crippen LogP contribution in [0.15, 0.2) is 53.7 Å². The van der Waals surface area contributed by atoms with E-state index in [4.69, 9.17) is 10.5 Å². The highest BCUT2D eigenvalue weighted by Gasteiger charge is 2.17. The summed E-state index contributed by atoms with van der Waals surface area (Å²) in [7, 11) is 0. The first-order valence-corrected chi connectivity index (χ1v) is 8.59. The summed E-state index contributed by atoms with van der Waals surface area (Å²) in [4.78, 5) is 20.7. The molecule has 0 radical (unpaired) electrons. The van der Waals surface area contributed by atoms with E-state index in [1.54, 1.807) is 18.3 Å². The number of ether oxygens (including phenoxy) is 1. The van der Waals surface area contributed by atoms with Crippen LogP contribution in [0.3, 0.4) is 0 Å². The maximum atomic E-state index is 12.1. The average molecular weight is 482 g/mol. The van der Waals surface area contributed by atoms with Crippen molar-refractivity contribution in [3.63, 3.8) is 0 Å². The normalized spacial score (nSPS) is 11.4. The van der Waals surface area contributed by atoms with Crippen LogP contribution in [0.4, 0.5) is 0 Å². The summed E-state index contributed by atoms with van der Waals surface area (Å²) in [6, 6.07) is 13.0. The van der Waals surface area contributed by atoms with Gasteiger partial charge in [0.05, 0.1) is 12.1 Å². The molecule has 0 saturated heterocycles. The molecule has 0 spiro atoms. The number of aliphatic imine (C=N–C) groups is 1. The minimum Gasteiger partial charge on any atom is -0.456 e. The number of aromatic nitrogens is 1. The Morgan fingerprint density at radius 2 is 2.00 bits per heavy atom. The molecule has 0 aliphatic rings. The first-order valence-electron chi connectivity index (χ1n) is 8.59. The van der Waals surface area contributed by atoms with Gasteiger partial charge < -0.3 is 15.8 Å². The topological polar surface area (TPSA) is 89.6 Å². The molecule has 6 nitrogen and oxygen atoms in total. The first kappa shape index (κ1) is 22.9. The predicted molar refractivity (Wildman–Crippen MR) is 118 cm³/mol. The van der Waals surface area contributed by atoms with Crippen LogP contribution in [0.1, 0.15) is 42.4 Å². The van der Waals surface area contributed by atoms with Gasteiger partial charge in [0.25, 0.3) is 0 Å². The number of hydrogen-bond donors (Lipinski definition) is 2. The van der Waals surface area contributed by atoms with E-state index >= 15 is 0 Å². The van der Waals surface area contributed by atoms with Crippen molar-refractivity contribution in [1.82, 2.24) is 10.3 Å². The molecule has 146 valence electrons. The molecule has 0 bridgehead atoms. The number of carbonyl (C=O) groups excluding carboxylic acids is 1. The first-order chi connectivity index (χ1) is 12.3. The van der Waals surface area contributed by atoms with E-state index in [9.17, 15) is 4.79 Å². The molecule has 1 aromatic carbocycles. The molecule has 7 heteroatoms. The Balaban J connectivity index is 0.00000364. The van der Waals surface area contributed by atoms with Crippen LogP contribution in [-0.2, 0) is 17.7 Å². The predicted octanol–water partition coefficient (Wildman–Crippen LogP) is 3.30. The second-order valence-corrected chi connectivity index (χ2v) is 6.90. The maximum Gasteiger partial charge on any atom is 0.338 e. The Morgan fingerprint density at radius 3 is 2.67 bits per heavy atom. The highest BCUT2D eigenvalue weighted by molar-refractivity contribution is 14.0. The number of halogens is 1. The Hall–Kier alpha value is -2.16. The molecule has 27 heavy (non-hydrogen) atoms. The van der Waals surface area contributed by atoms with Crippen LogP contribution in [0.2, 0.25) is 0 Å². The molecule has 2 rings (SSSR count). The summed E-state index contributed by atoms with van der Waals surface area (Å²) in [6.07, 6.45) is 2.54. The smallest absolute Gasteiger partial charge is 0.338 e. The quantitative estimate of drug-likeness (QED) is 0.286. The number of nitrogens with one attached hydrogen (secondary N) is 1. The van der Waals surface area contributed by atoms with Crippen LogP contribution in [-0.4, -0.2) is 29.1 Å². The third-order valence-corrected chi connectivity index (χ3v) is 3.41. The van der Waals surface area contributed by atoms with Gasteiger partial charge in [-0.1, -0.05) is 18.2 Å². The number of benzene rings is 1. The van der Waals surface area contributed by atoms with Crippen LogP contribution < -0.4 is 11.1 Å². The second-order valence-electron chi connectivity index (χ2n) is 6.90. The molecule has 0 aliphatic carbocycles. The van der Waals surface area contributed by atoms with E-state index in [0.29, 0.717) is 24.6 Å². The van der Waals surface area contributed by atoms with E-state index < -0.39 is 5.60 Å². The number of hydrogen-bond acceptors (Lipinski definition) is 4. The summed E-state index contributed by atoms with van der Waals surface area (Å²) in [6.45, 7) is 6.58. The summed E-state index contributed by atoms with van der Waals surface area (Å²) < 4.78 is 5.38. The standard InChI is InChI=1S/C20H26N4O2.HI/c1-20(2,3)26-18(25)16-8-6-7-15(13-16)14-24-19(21)23-12-10-17-9-4-5-11-22-17;/h4-9,11,13H,10,12,14H2,1-3H3,(H3,21,23,24);1H. The zero-order valence-electron chi connectivity index (χ0n) is 15.9. The third-order valence-electron chi connectivity index (χ3n) is 3.41. The maximum absolute atomic E-state index is 12.1. The zero-order chi connectivity index (χ0) is 19.0. The Labute approximate surface area is 177 Å². The fourth-order valence-electron chi connectivity index (χ4n) is 2.23. The molecule has 3 N–H and O–H groups in total. The molecule has 1 aromatic heterocycles. The molecular formula is C20H27IN4O2. The van der Waals surface area contributed by atoms with E-state index in [0.717, 1.165) is 17.7 Å². The van der Waals surface area contributed by atoms with Gasteiger partial charge in [0.15, 0.2) is 5.96 Å². The number of guanidine groups is 1. The summed E-state index contributed by atoms with van der Waals surface area (Å²) in [5.74, 6) is 0.0217. The molecule has 0 unspecified atom stereocenters. The number of carbonyl (C=O) groups is 1. The van der Waals surface area contributed by atoms with E-state index in [1.807, 2.05) is 51.1 Å². The highest BCUT2D eigenvalue weighted by Crippen LogP contribution is 2.13. The van der Waals surface area contributed by atoms with Crippen molar-refractivity contribution in [2.75, 3.05) is 6.54 Å². The van der Waals surface area contributed by atoms with Crippen LogP contribution in [0, 0.1) is 0 Å². The second kappa shape index (κ2) is 10.9. The van der Waals surface area contributed by atoms with Crippen molar-refractivity contribution in [1.29, 1.82) is 0 Å². The average Bonchev–Trinajstić information content (AvgIpc) is 2.60. The lowest BCUT2D eigenvalue weighted by Gasteiger charge is -2.19. The van der Waals surface area contributed by atoms with E-state index in [2.05, 4.69) is 15.3 Å². The number of pyridine rings is 1. The summed E-state index contributed by atoms with van der Waals surface area (Å²) >= 11 is 0. The van der Waals surface area contributed by atoms with Crippen molar-refractivity contribution in [3.05, 3.63) is 65.5 Å². The molecule has 0 saturated carbocycles. The van der Waals surface area contributed by atoms with Gasteiger partial charge in [-0.2, -0.15) is 0 Å². The zero-order valence-corrected chi connectivity index (χ0v) is 18.3. The molecule has 0 fully saturated rings. The molecule has 2 aromatic rings. The summed E-state index contributed by atoms with van der Waals surface area (Å²) in [5, 5.41) is 3.07. The Morgan fingerprint density at radius 1 is 1.22 bits per heavy atom. The van der Waals surface area contributed by atoms with E-state index in [-0.39, 0.29) is 29.9 Å². The monoisotopic (exact) mass is 482 g/mol. The van der Waals surface area contributed by atoms with Gasteiger partial charge in [-0.05, 0) is 50.6 Å². The van der Waals surface area contributed by atoms with E-state index in [1.165, 1.54) is 0 Å². The van der Waals surface area contributed by atoms with Gasteiger partial charge in [0, 0.05) is 24.9 Å². The molecule has 0 atom stereocenters. The molecule has 0 aliphatic heterocycles. The molecule has 1 heterocycles. The van der Waals surface area contributed by atoms with Crippen LogP contribution >= 0.6 is 24.0 Å². The van der Waals surface area contributed by atoms with Crippen LogP contribution in [0.25, 0.3) is 0 Å². The lowest BCUT2D eigenvalue weighted by atomic mass is 10.1. The molecular weight excluding hydrogens is 455 g/mol. The van der Waals surface area contributed by atoms with Crippen molar-refractivity contribution in [2.24, 2.45) is 10.7 Å². The van der Waals surface area contributed by atoms with Crippen molar-refractivity contribution >= 4 is 35.9 Å². The minimum absolute atomic E-state index is 0. The molecule has 0 amide bonds. The number of rotatable bonds is 6. The Kier molecular flexibility index (Phi) is 9.20. The SMILES string of the molecule is CC(C)(C)OC(=O)c1cccc(CN=C(N)NCCc2ccccn2)c1.I. The van der Waals surface area contributed by atoms with Gasteiger partial charge in [0.1, 0.15) is 5.60 Å². The van der Waals surface area contributed by atoms with Gasteiger partial charge >= 0.3 is 5.97 Å². The van der Waals surface area contributed by atoms with Gasteiger partial charge in [-0.3, -0.25) is 4.98 Å². The van der Waals surface area contributed by atoms with Crippen LogP contribution in [0.5, 0.6) is 0 Å². The highest BCUT2D eigenvalue weighted by atomic mass is 127. The largest absolute Gasteiger partial charge is 0.456 e. The fourth-order valence-corrected chi connectivity index (χ4v) is 2.23. The fraction of sp³-hybridized carbons (Fsp3) is 0.350. The van der Waals surface area contributed by atoms with Crippen molar-refractivity contribution < 1.29 is 9.53 Å². The van der Waals surface area contributed by atoms with Crippen molar-refractivity contribution in [2.45, 2.75) is 39.3 Å². The minimum atomic E-state index is -0.521. The Bertz CT molecular complexity index is 758. The van der Waals surface area contributed by atoms with Gasteiger partial charge in [-0.25, -0.2) is 9.79 Å². The van der Waals surface area contributed by atoms with Gasteiger partial charge in [-0.15, -0.1) is 24.0 Å². The number of nitrogens with zero attached hydrogens (tertiary/aromatic N) is 2. The lowest BCUT2D eigenvalue weighted by molar-refractivity contribution is 0.00694. The number of nitrogens with two attached hydrogens (primary N) is 1. The third kappa shape index (κ3) is 8.85. The van der Waals surface area contributed by atoms with Gasteiger partial charge in [0.2, 0.25) is 0 Å². The summed E-state index contributed by atoms with van der Waals surface area (Å²) in [5.41, 5.74) is 7.77. The number of esters is 1. The van der Waals surface area contributed by atoms with Crippen molar-refractivity contribution in [3.8, 4) is 0 Å². The lowest BCUT2D eigenvalue weighted by Crippen LogP contribution is -2.33.